The molecule has 0 aliphatic heterocycles. The summed E-state index contributed by atoms with van der Waals surface area (Å²) in [6.45, 7) is 6.08. The van der Waals surface area contributed by atoms with E-state index in [9.17, 15) is 9.59 Å². The average molecular weight is 340 g/mol. The molecule has 5 nitrogen and oxygen atoms in total. The zero-order valence-electron chi connectivity index (χ0n) is 14.8. The van der Waals surface area contributed by atoms with E-state index in [4.69, 9.17) is 4.74 Å². The van der Waals surface area contributed by atoms with Gasteiger partial charge in [-0.2, -0.15) is 0 Å². The van der Waals surface area contributed by atoms with Gasteiger partial charge in [0, 0.05) is 0 Å². The molecule has 0 aliphatic rings. The zero-order valence-corrected chi connectivity index (χ0v) is 14.8. The molecule has 0 saturated carbocycles. The molecular weight excluding hydrogens is 316 g/mol. The lowest BCUT2D eigenvalue weighted by Crippen LogP contribution is -2.44. The zero-order chi connectivity index (χ0) is 18.3. The molecule has 25 heavy (non-hydrogen) atoms. The lowest BCUT2D eigenvalue weighted by molar-refractivity contribution is -0.129. The average Bonchev–Trinajstić information content (AvgIpc) is 2.58. The maximum Gasteiger partial charge on any atom is 0.276 e. The number of hydrazine groups is 1. The van der Waals surface area contributed by atoms with Crippen LogP contribution >= 0.6 is 0 Å². The second-order valence-electron chi connectivity index (χ2n) is 6.79. The molecule has 2 amide bonds. The predicted octanol–water partition coefficient (Wildman–Crippen LogP) is 2.75. The van der Waals surface area contributed by atoms with Crippen molar-refractivity contribution in [2.75, 3.05) is 6.61 Å². The van der Waals surface area contributed by atoms with Crippen molar-refractivity contribution < 1.29 is 14.3 Å². The Morgan fingerprint density at radius 1 is 0.880 bits per heavy atom. The Labute approximate surface area is 148 Å². The van der Waals surface area contributed by atoms with Crippen LogP contribution in [0.25, 0.3) is 0 Å². The number of nitrogens with one attached hydrogen (secondary N) is 2. The highest BCUT2D eigenvalue weighted by atomic mass is 16.5. The Balaban J connectivity index is 1.81. The summed E-state index contributed by atoms with van der Waals surface area (Å²) < 4.78 is 5.61. The van der Waals surface area contributed by atoms with Gasteiger partial charge in [-0.3, -0.25) is 20.4 Å². The topological polar surface area (TPSA) is 67.4 Å². The van der Waals surface area contributed by atoms with Crippen LogP contribution in [-0.2, 0) is 21.4 Å². The molecule has 0 aliphatic carbocycles. The summed E-state index contributed by atoms with van der Waals surface area (Å²) in [5, 5.41) is 0. The van der Waals surface area contributed by atoms with Gasteiger partial charge < -0.3 is 4.74 Å². The fraction of sp³-hybridized carbons (Fsp3) is 0.300. The monoisotopic (exact) mass is 340 g/mol. The normalized spacial score (nSPS) is 10.8. The van der Waals surface area contributed by atoms with Crippen molar-refractivity contribution in [1.82, 2.24) is 10.9 Å². The van der Waals surface area contributed by atoms with E-state index in [0.29, 0.717) is 5.75 Å². The second kappa shape index (κ2) is 8.33. The minimum Gasteiger partial charge on any atom is -0.483 e. The molecule has 0 spiro atoms. The van der Waals surface area contributed by atoms with Gasteiger partial charge in [0.2, 0.25) is 5.91 Å². The summed E-state index contributed by atoms with van der Waals surface area (Å²) in [6, 6.07) is 16.9. The van der Waals surface area contributed by atoms with Crippen molar-refractivity contribution in [2.24, 2.45) is 0 Å². The van der Waals surface area contributed by atoms with Gasteiger partial charge in [0.05, 0.1) is 6.42 Å². The van der Waals surface area contributed by atoms with Crippen molar-refractivity contribution in [3.8, 4) is 5.75 Å². The highest BCUT2D eigenvalue weighted by Gasteiger charge is 2.18. The number of carbonyl (C=O) groups is 2. The Kier molecular flexibility index (Phi) is 6.17. The Morgan fingerprint density at radius 3 is 2.16 bits per heavy atom. The summed E-state index contributed by atoms with van der Waals surface area (Å²) in [5.74, 6) is -0.0273. The summed E-state index contributed by atoms with van der Waals surface area (Å²) in [5.41, 5.74) is 6.58. The molecule has 2 aromatic carbocycles. The highest BCUT2D eigenvalue weighted by molar-refractivity contribution is 5.83. The highest BCUT2D eigenvalue weighted by Crippen LogP contribution is 2.30. The van der Waals surface area contributed by atoms with E-state index in [1.54, 1.807) is 0 Å². The molecule has 0 bridgehead atoms. The molecule has 5 heteroatoms. The summed E-state index contributed by atoms with van der Waals surface area (Å²) >= 11 is 0. The molecule has 0 atom stereocenters. The fourth-order valence-electron chi connectivity index (χ4n) is 2.36. The number of benzene rings is 2. The Morgan fingerprint density at radius 2 is 1.48 bits per heavy atom. The Hall–Kier alpha value is -2.82. The number of hydrogen-bond donors (Lipinski definition) is 2. The molecule has 0 radical (unpaired) electrons. The third-order valence-electron chi connectivity index (χ3n) is 3.60. The van der Waals surface area contributed by atoms with Gasteiger partial charge in [-0.15, -0.1) is 0 Å². The molecule has 132 valence electrons. The predicted molar refractivity (Wildman–Crippen MR) is 97.1 cm³/mol. The molecule has 0 saturated heterocycles. The van der Waals surface area contributed by atoms with Gasteiger partial charge in [0.25, 0.3) is 5.91 Å². The van der Waals surface area contributed by atoms with E-state index in [-0.39, 0.29) is 24.3 Å². The SMILES string of the molecule is CC(C)(C)c1ccccc1OCC(=O)NNC(=O)Cc1ccccc1. The maximum atomic E-state index is 11.9. The van der Waals surface area contributed by atoms with Crippen LogP contribution in [0.2, 0.25) is 0 Å². The molecule has 0 aromatic heterocycles. The molecule has 0 heterocycles. The largest absolute Gasteiger partial charge is 0.483 e. The van der Waals surface area contributed by atoms with Crippen LogP contribution in [0.15, 0.2) is 54.6 Å². The number of amides is 2. The number of ether oxygens (including phenoxy) is 1. The third kappa shape index (κ3) is 5.95. The van der Waals surface area contributed by atoms with Crippen LogP contribution in [-0.4, -0.2) is 18.4 Å². The van der Waals surface area contributed by atoms with Gasteiger partial charge in [-0.1, -0.05) is 69.3 Å². The third-order valence-corrected chi connectivity index (χ3v) is 3.60. The first kappa shape index (κ1) is 18.5. The summed E-state index contributed by atoms with van der Waals surface area (Å²) in [4.78, 5) is 23.7. The van der Waals surface area contributed by atoms with E-state index in [1.165, 1.54) is 0 Å². The number of carbonyl (C=O) groups excluding carboxylic acids is 2. The van der Waals surface area contributed by atoms with Gasteiger partial charge >= 0.3 is 0 Å². The van der Waals surface area contributed by atoms with Crippen LogP contribution in [0, 0.1) is 0 Å². The first-order valence-electron chi connectivity index (χ1n) is 8.20. The molecule has 2 N–H and O–H groups in total. The number of rotatable bonds is 5. The van der Waals surface area contributed by atoms with Crippen molar-refractivity contribution >= 4 is 11.8 Å². The van der Waals surface area contributed by atoms with Crippen molar-refractivity contribution in [3.63, 3.8) is 0 Å². The van der Waals surface area contributed by atoms with Gasteiger partial charge in [0.15, 0.2) is 6.61 Å². The lowest BCUT2D eigenvalue weighted by Gasteiger charge is -2.22. The van der Waals surface area contributed by atoms with Crippen LogP contribution in [0.1, 0.15) is 31.9 Å². The van der Waals surface area contributed by atoms with Gasteiger partial charge in [-0.05, 0) is 22.6 Å². The van der Waals surface area contributed by atoms with Crippen LogP contribution in [0.5, 0.6) is 5.75 Å². The number of hydrogen-bond acceptors (Lipinski definition) is 3. The van der Waals surface area contributed by atoms with E-state index >= 15 is 0 Å². The van der Waals surface area contributed by atoms with E-state index in [1.807, 2.05) is 54.6 Å². The standard InChI is InChI=1S/C20H24N2O3/c1-20(2,3)16-11-7-8-12-17(16)25-14-19(24)22-21-18(23)13-15-9-5-4-6-10-15/h4-12H,13-14H2,1-3H3,(H,21,23)(H,22,24). The van der Waals surface area contributed by atoms with Crippen molar-refractivity contribution in [2.45, 2.75) is 32.6 Å². The quantitative estimate of drug-likeness (QED) is 0.823. The lowest BCUT2D eigenvalue weighted by atomic mass is 9.86. The maximum absolute atomic E-state index is 11.9. The van der Waals surface area contributed by atoms with E-state index in [0.717, 1.165) is 11.1 Å². The minimum absolute atomic E-state index is 0.0863. The molecular formula is C20H24N2O3. The second-order valence-corrected chi connectivity index (χ2v) is 6.79. The molecule has 2 aromatic rings. The number of para-hydroxylation sites is 1. The molecule has 2 rings (SSSR count). The summed E-state index contributed by atoms with van der Waals surface area (Å²) in [6.07, 6.45) is 0.203. The van der Waals surface area contributed by atoms with Crippen molar-refractivity contribution in [3.05, 3.63) is 65.7 Å². The first-order chi connectivity index (χ1) is 11.9. The van der Waals surface area contributed by atoms with E-state index < -0.39 is 5.91 Å². The van der Waals surface area contributed by atoms with Gasteiger partial charge in [0.1, 0.15) is 5.75 Å². The van der Waals surface area contributed by atoms with Crippen LogP contribution in [0.3, 0.4) is 0 Å². The van der Waals surface area contributed by atoms with Crippen LogP contribution in [0.4, 0.5) is 0 Å². The first-order valence-corrected chi connectivity index (χ1v) is 8.20. The molecule has 0 unspecified atom stereocenters. The van der Waals surface area contributed by atoms with Crippen molar-refractivity contribution in [1.29, 1.82) is 0 Å². The summed E-state index contributed by atoms with van der Waals surface area (Å²) in [7, 11) is 0. The Bertz CT molecular complexity index is 721. The minimum atomic E-state index is -0.412. The molecule has 0 fully saturated rings. The van der Waals surface area contributed by atoms with Gasteiger partial charge in [-0.25, -0.2) is 0 Å². The van der Waals surface area contributed by atoms with Crippen LogP contribution < -0.4 is 15.6 Å². The smallest absolute Gasteiger partial charge is 0.276 e. The fourth-order valence-corrected chi connectivity index (χ4v) is 2.36. The van der Waals surface area contributed by atoms with E-state index in [2.05, 4.69) is 31.6 Å².